The Balaban J connectivity index is 1.43. The van der Waals surface area contributed by atoms with Gasteiger partial charge in [0.1, 0.15) is 5.75 Å². The van der Waals surface area contributed by atoms with Gasteiger partial charge in [-0.2, -0.15) is 5.26 Å². The lowest BCUT2D eigenvalue weighted by atomic mass is 10.2. The molecule has 0 spiro atoms. The lowest BCUT2D eigenvalue weighted by Crippen LogP contribution is -2.35. The summed E-state index contributed by atoms with van der Waals surface area (Å²) >= 11 is 5.96. The zero-order chi connectivity index (χ0) is 20.6. The number of ether oxygens (including phenoxy) is 1. The molecule has 29 heavy (non-hydrogen) atoms. The maximum Gasteiger partial charge on any atom is 0.222 e. The van der Waals surface area contributed by atoms with Crippen molar-refractivity contribution in [2.75, 3.05) is 37.7 Å². The first-order chi connectivity index (χ1) is 14.1. The summed E-state index contributed by atoms with van der Waals surface area (Å²) in [5.41, 5.74) is 2.76. The van der Waals surface area contributed by atoms with Gasteiger partial charge in [0.2, 0.25) is 5.91 Å². The Hall–Kier alpha value is -2.71. The van der Waals surface area contributed by atoms with Crippen molar-refractivity contribution in [3.63, 3.8) is 0 Å². The van der Waals surface area contributed by atoms with E-state index in [2.05, 4.69) is 11.0 Å². The fourth-order valence-electron chi connectivity index (χ4n) is 3.51. The van der Waals surface area contributed by atoms with E-state index < -0.39 is 0 Å². The lowest BCUT2D eigenvalue weighted by molar-refractivity contribution is -0.131. The van der Waals surface area contributed by atoms with Crippen LogP contribution >= 0.6 is 11.6 Å². The average molecular weight is 412 g/mol. The summed E-state index contributed by atoms with van der Waals surface area (Å²) in [5.74, 6) is 0.998. The fourth-order valence-corrected chi connectivity index (χ4v) is 3.74. The molecule has 0 bridgehead atoms. The minimum Gasteiger partial charge on any atom is -0.493 e. The molecular formula is C23H26ClN3O2. The number of hydrogen-bond acceptors (Lipinski definition) is 4. The van der Waals surface area contributed by atoms with Gasteiger partial charge in [-0.3, -0.25) is 4.79 Å². The molecule has 0 saturated carbocycles. The van der Waals surface area contributed by atoms with E-state index >= 15 is 0 Å². The van der Waals surface area contributed by atoms with Crippen molar-refractivity contribution in [3.8, 4) is 11.8 Å². The Morgan fingerprint density at radius 1 is 1.14 bits per heavy atom. The Bertz CT molecular complexity index is 877. The number of nitriles is 1. The Labute approximate surface area is 177 Å². The second kappa shape index (κ2) is 10.2. The standard InChI is InChI=1S/C23H26ClN3O2/c1-18-16-20(24)7-10-22(18)29-15-2-4-23(28)27-12-3-11-26(13-14-27)21-8-5-19(17-25)6-9-21/h5-10,16H,2-4,11-15H2,1H3. The second-order valence-corrected chi connectivity index (χ2v) is 7.68. The summed E-state index contributed by atoms with van der Waals surface area (Å²) in [7, 11) is 0. The highest BCUT2D eigenvalue weighted by Crippen LogP contribution is 2.22. The molecule has 1 aliphatic heterocycles. The Kier molecular flexibility index (Phi) is 7.37. The van der Waals surface area contributed by atoms with E-state index in [0.29, 0.717) is 30.0 Å². The predicted octanol–water partition coefficient (Wildman–Crippen LogP) is 4.42. The van der Waals surface area contributed by atoms with Crippen molar-refractivity contribution in [3.05, 3.63) is 58.6 Å². The smallest absolute Gasteiger partial charge is 0.222 e. The maximum atomic E-state index is 12.6. The van der Waals surface area contributed by atoms with Crippen LogP contribution in [0.5, 0.6) is 5.75 Å². The van der Waals surface area contributed by atoms with Gasteiger partial charge in [0, 0.05) is 43.3 Å². The summed E-state index contributed by atoms with van der Waals surface area (Å²) in [4.78, 5) is 16.8. The summed E-state index contributed by atoms with van der Waals surface area (Å²) < 4.78 is 5.79. The zero-order valence-corrected chi connectivity index (χ0v) is 17.5. The number of aryl methyl sites for hydroxylation is 1. The molecule has 1 heterocycles. The van der Waals surface area contributed by atoms with E-state index in [-0.39, 0.29) is 5.91 Å². The highest BCUT2D eigenvalue weighted by atomic mass is 35.5. The molecular weight excluding hydrogens is 386 g/mol. The number of benzene rings is 2. The van der Waals surface area contributed by atoms with Gasteiger partial charge in [0.05, 0.1) is 18.2 Å². The topological polar surface area (TPSA) is 56.6 Å². The van der Waals surface area contributed by atoms with E-state index in [4.69, 9.17) is 21.6 Å². The molecule has 0 radical (unpaired) electrons. The number of hydrogen-bond donors (Lipinski definition) is 0. The van der Waals surface area contributed by atoms with Crippen molar-refractivity contribution < 1.29 is 9.53 Å². The molecule has 0 N–H and O–H groups in total. The molecule has 0 unspecified atom stereocenters. The van der Waals surface area contributed by atoms with Crippen molar-refractivity contribution in [1.82, 2.24) is 4.90 Å². The van der Waals surface area contributed by atoms with Crippen LogP contribution in [0.2, 0.25) is 5.02 Å². The lowest BCUT2D eigenvalue weighted by Gasteiger charge is -2.24. The van der Waals surface area contributed by atoms with E-state index in [1.54, 1.807) is 0 Å². The van der Waals surface area contributed by atoms with Gasteiger partial charge in [0.25, 0.3) is 0 Å². The number of halogens is 1. The Morgan fingerprint density at radius 2 is 1.93 bits per heavy atom. The van der Waals surface area contributed by atoms with Crippen molar-refractivity contribution in [1.29, 1.82) is 5.26 Å². The highest BCUT2D eigenvalue weighted by molar-refractivity contribution is 6.30. The highest BCUT2D eigenvalue weighted by Gasteiger charge is 2.19. The second-order valence-electron chi connectivity index (χ2n) is 7.24. The van der Waals surface area contributed by atoms with Crippen LogP contribution in [0.3, 0.4) is 0 Å². The third-order valence-corrected chi connectivity index (χ3v) is 5.37. The molecule has 2 aromatic carbocycles. The summed E-state index contributed by atoms with van der Waals surface area (Å²) in [6.45, 7) is 5.69. The van der Waals surface area contributed by atoms with Crippen LogP contribution in [-0.2, 0) is 4.79 Å². The van der Waals surface area contributed by atoms with Crippen LogP contribution in [0.15, 0.2) is 42.5 Å². The van der Waals surface area contributed by atoms with Crippen molar-refractivity contribution >= 4 is 23.2 Å². The van der Waals surface area contributed by atoms with Crippen LogP contribution in [0, 0.1) is 18.3 Å². The summed E-state index contributed by atoms with van der Waals surface area (Å²) in [5, 5.41) is 9.63. The zero-order valence-electron chi connectivity index (χ0n) is 16.7. The van der Waals surface area contributed by atoms with Crippen LogP contribution in [0.4, 0.5) is 5.69 Å². The molecule has 1 amide bonds. The van der Waals surface area contributed by atoms with Gasteiger partial charge >= 0.3 is 0 Å². The van der Waals surface area contributed by atoms with Gasteiger partial charge < -0.3 is 14.5 Å². The molecule has 0 atom stereocenters. The van der Waals surface area contributed by atoms with Crippen LogP contribution in [-0.4, -0.2) is 43.6 Å². The summed E-state index contributed by atoms with van der Waals surface area (Å²) in [6.07, 6.45) is 2.12. The number of anilines is 1. The van der Waals surface area contributed by atoms with Gasteiger partial charge in [-0.1, -0.05) is 11.6 Å². The first kappa shape index (κ1) is 21.0. The van der Waals surface area contributed by atoms with Crippen LogP contribution in [0.25, 0.3) is 0 Å². The van der Waals surface area contributed by atoms with E-state index in [1.807, 2.05) is 54.3 Å². The van der Waals surface area contributed by atoms with E-state index in [0.717, 1.165) is 49.6 Å². The normalized spacial score (nSPS) is 14.2. The molecule has 2 aromatic rings. The van der Waals surface area contributed by atoms with Crippen molar-refractivity contribution in [2.24, 2.45) is 0 Å². The molecule has 152 valence electrons. The molecule has 6 heteroatoms. The van der Waals surface area contributed by atoms with Crippen LogP contribution in [0.1, 0.15) is 30.4 Å². The quantitative estimate of drug-likeness (QED) is 0.660. The van der Waals surface area contributed by atoms with E-state index in [1.165, 1.54) is 0 Å². The molecule has 1 aliphatic rings. The number of amides is 1. The number of carbonyl (C=O) groups excluding carboxylic acids is 1. The van der Waals surface area contributed by atoms with Gasteiger partial charge in [0.15, 0.2) is 0 Å². The minimum absolute atomic E-state index is 0.183. The predicted molar refractivity (Wildman–Crippen MR) is 115 cm³/mol. The molecule has 0 aromatic heterocycles. The van der Waals surface area contributed by atoms with Gasteiger partial charge in [-0.05, 0) is 67.8 Å². The van der Waals surface area contributed by atoms with E-state index in [9.17, 15) is 4.79 Å². The Morgan fingerprint density at radius 3 is 2.66 bits per heavy atom. The summed E-state index contributed by atoms with van der Waals surface area (Å²) in [6, 6.07) is 15.3. The molecule has 1 fully saturated rings. The number of carbonyl (C=O) groups is 1. The van der Waals surface area contributed by atoms with Gasteiger partial charge in [-0.15, -0.1) is 0 Å². The third kappa shape index (κ3) is 5.88. The molecule has 3 rings (SSSR count). The first-order valence-electron chi connectivity index (χ1n) is 9.98. The number of nitrogens with zero attached hydrogens (tertiary/aromatic N) is 3. The maximum absolute atomic E-state index is 12.6. The molecule has 0 aliphatic carbocycles. The van der Waals surface area contributed by atoms with Crippen LogP contribution < -0.4 is 9.64 Å². The first-order valence-corrected chi connectivity index (χ1v) is 10.4. The SMILES string of the molecule is Cc1cc(Cl)ccc1OCCCC(=O)N1CCCN(c2ccc(C#N)cc2)CC1. The molecule has 5 nitrogen and oxygen atoms in total. The fraction of sp³-hybridized carbons (Fsp3) is 0.391. The number of rotatable bonds is 6. The minimum atomic E-state index is 0.183. The van der Waals surface area contributed by atoms with Gasteiger partial charge in [-0.25, -0.2) is 0 Å². The average Bonchev–Trinajstić information content (AvgIpc) is 2.99. The largest absolute Gasteiger partial charge is 0.493 e. The monoisotopic (exact) mass is 411 g/mol. The molecule has 1 saturated heterocycles. The van der Waals surface area contributed by atoms with Crippen molar-refractivity contribution in [2.45, 2.75) is 26.2 Å². The third-order valence-electron chi connectivity index (χ3n) is 5.14.